The van der Waals surface area contributed by atoms with Crippen LogP contribution in [0.5, 0.6) is 17.4 Å². The van der Waals surface area contributed by atoms with Crippen LogP contribution < -0.4 is 20.1 Å². The first-order valence-corrected chi connectivity index (χ1v) is 15.9. The summed E-state index contributed by atoms with van der Waals surface area (Å²) in [5, 5.41) is 7.10. The van der Waals surface area contributed by atoms with Crippen LogP contribution in [-0.2, 0) is 19.6 Å². The lowest BCUT2D eigenvalue weighted by molar-refractivity contribution is -0.137. The molecule has 12 heteroatoms. The number of hydrogen-bond donors (Lipinski definition) is 2. The van der Waals surface area contributed by atoms with E-state index in [2.05, 4.69) is 27.8 Å². The number of nitrogens with one attached hydrogen (secondary N) is 2. The van der Waals surface area contributed by atoms with E-state index >= 15 is 0 Å². The number of alkyl halides is 3. The van der Waals surface area contributed by atoms with Gasteiger partial charge in [0.25, 0.3) is 11.8 Å². The third kappa shape index (κ3) is 8.03. The monoisotopic (exact) mass is 671 g/mol. The summed E-state index contributed by atoms with van der Waals surface area (Å²) in [6.07, 6.45) is -0.370. The van der Waals surface area contributed by atoms with Gasteiger partial charge in [-0.1, -0.05) is 12.1 Å². The Hall–Kier alpha value is -5.36. The zero-order chi connectivity index (χ0) is 34.5. The van der Waals surface area contributed by atoms with Gasteiger partial charge in [0, 0.05) is 48.7 Å². The molecule has 1 aliphatic rings. The minimum absolute atomic E-state index is 0.00607. The third-order valence-electron chi connectivity index (χ3n) is 8.71. The number of nitrogens with zero attached hydrogens (tertiary/aromatic N) is 3. The Morgan fingerprint density at radius 2 is 1.63 bits per heavy atom. The molecule has 1 fully saturated rings. The maximum absolute atomic E-state index is 13.5. The Balaban J connectivity index is 1.01. The quantitative estimate of drug-likeness (QED) is 0.165. The predicted octanol–water partition coefficient (Wildman–Crippen LogP) is 7.08. The minimum atomic E-state index is -4.48. The Bertz CT molecular complexity index is 1920. The van der Waals surface area contributed by atoms with Crippen LogP contribution in [0.15, 0.2) is 91.1 Å². The first kappa shape index (κ1) is 33.5. The number of anilines is 1. The zero-order valence-corrected chi connectivity index (χ0v) is 27.1. The molecule has 2 N–H and O–H groups in total. The molecule has 3 heterocycles. The van der Waals surface area contributed by atoms with Crippen molar-refractivity contribution in [1.29, 1.82) is 0 Å². The van der Waals surface area contributed by atoms with Crippen molar-refractivity contribution in [2.24, 2.45) is 7.05 Å². The molecule has 2 amide bonds. The van der Waals surface area contributed by atoms with Crippen molar-refractivity contribution in [2.75, 3.05) is 32.1 Å². The number of fused-ring (bicyclic) bond motifs is 1. The number of amides is 2. The summed E-state index contributed by atoms with van der Waals surface area (Å²) in [5.41, 5.74) is 2.35. The fraction of sp³-hybridized carbons (Fsp3) is 0.270. The van der Waals surface area contributed by atoms with E-state index in [9.17, 15) is 22.8 Å². The fourth-order valence-electron chi connectivity index (χ4n) is 5.91. The predicted molar refractivity (Wildman–Crippen MR) is 180 cm³/mol. The molecular formula is C37H36F3N5O4. The fourth-order valence-corrected chi connectivity index (χ4v) is 5.91. The van der Waals surface area contributed by atoms with Crippen molar-refractivity contribution in [2.45, 2.75) is 31.5 Å². The lowest BCUT2D eigenvalue weighted by atomic mass is 10.0. The third-order valence-corrected chi connectivity index (χ3v) is 8.71. The summed E-state index contributed by atoms with van der Waals surface area (Å²) >= 11 is 0. The summed E-state index contributed by atoms with van der Waals surface area (Å²) < 4.78 is 51.5. The lowest BCUT2D eigenvalue weighted by Crippen LogP contribution is -2.45. The molecule has 0 radical (unpaired) electrons. The van der Waals surface area contributed by atoms with Gasteiger partial charge >= 0.3 is 6.18 Å². The molecule has 3 aromatic carbocycles. The van der Waals surface area contributed by atoms with Crippen molar-refractivity contribution in [1.82, 2.24) is 19.8 Å². The second-order valence-corrected chi connectivity index (χ2v) is 11.9. The van der Waals surface area contributed by atoms with Gasteiger partial charge in [-0.05, 0) is 98.1 Å². The molecule has 0 unspecified atom stereocenters. The molecule has 6 rings (SSSR count). The number of hydrogen-bond acceptors (Lipinski definition) is 6. The van der Waals surface area contributed by atoms with E-state index in [-0.39, 0.29) is 17.4 Å². The number of pyridine rings is 1. The van der Waals surface area contributed by atoms with E-state index in [4.69, 9.17) is 9.47 Å². The van der Waals surface area contributed by atoms with Crippen molar-refractivity contribution >= 4 is 28.4 Å². The van der Waals surface area contributed by atoms with Gasteiger partial charge in [0.15, 0.2) is 0 Å². The Morgan fingerprint density at radius 1 is 0.918 bits per heavy atom. The number of rotatable bonds is 10. The number of carbonyl (C=O) groups excluding carboxylic acids is 2. The largest absolute Gasteiger partial charge is 0.497 e. The number of benzene rings is 3. The summed E-state index contributed by atoms with van der Waals surface area (Å²) in [6.45, 7) is 2.24. The minimum Gasteiger partial charge on any atom is -0.497 e. The maximum atomic E-state index is 13.5. The van der Waals surface area contributed by atoms with Crippen molar-refractivity contribution in [3.05, 3.63) is 114 Å². The van der Waals surface area contributed by atoms with Gasteiger partial charge in [-0.25, -0.2) is 4.98 Å². The van der Waals surface area contributed by atoms with E-state index in [0.717, 1.165) is 66.7 Å². The molecular weight excluding hydrogens is 635 g/mol. The van der Waals surface area contributed by atoms with Crippen LogP contribution in [0.4, 0.5) is 18.9 Å². The van der Waals surface area contributed by atoms with E-state index in [0.29, 0.717) is 36.3 Å². The SMILES string of the molecule is COc1ccc(CCNC2CCN(C(=O)c3cc4cc(Oc5ccc(NC(=O)c6ccc(C(F)(F)F)cc6)cn5)ccc4n3C)CC2)cc1. The molecule has 1 aliphatic heterocycles. The highest BCUT2D eigenvalue weighted by molar-refractivity contribution is 6.04. The molecule has 254 valence electrons. The first-order chi connectivity index (χ1) is 23.6. The number of aryl methyl sites for hydroxylation is 1. The molecule has 0 spiro atoms. The van der Waals surface area contributed by atoms with Gasteiger partial charge < -0.3 is 29.6 Å². The van der Waals surface area contributed by atoms with Crippen LogP contribution in [0, 0.1) is 0 Å². The number of likely N-dealkylation sites (tertiary alicyclic amines) is 1. The van der Waals surface area contributed by atoms with E-state index in [1.165, 1.54) is 11.8 Å². The van der Waals surface area contributed by atoms with Crippen molar-refractivity contribution in [3.63, 3.8) is 0 Å². The van der Waals surface area contributed by atoms with Crippen LogP contribution in [0.2, 0.25) is 0 Å². The highest BCUT2D eigenvalue weighted by atomic mass is 19.4. The first-order valence-electron chi connectivity index (χ1n) is 15.9. The lowest BCUT2D eigenvalue weighted by Gasteiger charge is -2.32. The summed E-state index contributed by atoms with van der Waals surface area (Å²) in [4.78, 5) is 32.2. The average molecular weight is 672 g/mol. The topological polar surface area (TPSA) is 97.7 Å². The number of piperidine rings is 1. The number of carbonyl (C=O) groups is 2. The normalized spacial score (nSPS) is 13.8. The van der Waals surface area contributed by atoms with Gasteiger partial charge in [0.2, 0.25) is 5.88 Å². The molecule has 9 nitrogen and oxygen atoms in total. The highest BCUT2D eigenvalue weighted by Gasteiger charge is 2.30. The molecule has 49 heavy (non-hydrogen) atoms. The molecule has 0 atom stereocenters. The molecule has 1 saturated heterocycles. The highest BCUT2D eigenvalue weighted by Crippen LogP contribution is 2.30. The van der Waals surface area contributed by atoms with E-state index in [1.807, 2.05) is 46.8 Å². The molecule has 5 aromatic rings. The Kier molecular flexibility index (Phi) is 9.86. The summed E-state index contributed by atoms with van der Waals surface area (Å²) in [6, 6.07) is 23.0. The van der Waals surface area contributed by atoms with Gasteiger partial charge in [0.05, 0.1) is 24.6 Å². The van der Waals surface area contributed by atoms with E-state index in [1.54, 1.807) is 25.3 Å². The number of methoxy groups -OCH3 is 1. The van der Waals surface area contributed by atoms with Gasteiger partial charge in [-0.15, -0.1) is 0 Å². The van der Waals surface area contributed by atoms with Crippen LogP contribution >= 0.6 is 0 Å². The van der Waals surface area contributed by atoms with Crippen molar-refractivity contribution < 1.29 is 32.2 Å². The summed E-state index contributed by atoms with van der Waals surface area (Å²) in [5.74, 6) is 1.08. The molecule has 0 aliphatic carbocycles. The van der Waals surface area contributed by atoms with Gasteiger partial charge in [0.1, 0.15) is 17.2 Å². The zero-order valence-electron chi connectivity index (χ0n) is 27.1. The van der Waals surface area contributed by atoms with Gasteiger partial charge in [-0.3, -0.25) is 9.59 Å². The van der Waals surface area contributed by atoms with E-state index < -0.39 is 17.6 Å². The summed E-state index contributed by atoms with van der Waals surface area (Å²) in [7, 11) is 3.54. The standard InChI is InChI=1S/C37H36F3N5O4/c1-44-32-13-12-31(49-34-14-9-29(23-42-34)43-35(46)25-5-7-27(8-6-25)37(38,39)40)21-26(32)22-33(44)36(47)45-19-16-28(17-20-45)41-18-15-24-3-10-30(48-2)11-4-24/h3-14,21-23,28,41H,15-20H2,1-2H3,(H,43,46). The smallest absolute Gasteiger partial charge is 0.416 e. The van der Waals surface area contributed by atoms with Crippen molar-refractivity contribution in [3.8, 4) is 17.4 Å². The van der Waals surface area contributed by atoms with Crippen LogP contribution in [-0.4, -0.2) is 59.1 Å². The second kappa shape index (κ2) is 14.4. The molecule has 2 aromatic heterocycles. The van der Waals surface area contributed by atoms with Crippen LogP contribution in [0.25, 0.3) is 10.9 Å². The number of ether oxygens (including phenoxy) is 2. The second-order valence-electron chi connectivity index (χ2n) is 11.9. The molecule has 0 saturated carbocycles. The average Bonchev–Trinajstić information content (AvgIpc) is 3.44. The van der Waals surface area contributed by atoms with Crippen LogP contribution in [0.3, 0.4) is 0 Å². The van der Waals surface area contributed by atoms with Gasteiger partial charge in [-0.2, -0.15) is 13.2 Å². The molecule has 0 bridgehead atoms. The maximum Gasteiger partial charge on any atom is 0.416 e. The number of halogens is 3. The number of aromatic nitrogens is 2. The van der Waals surface area contributed by atoms with Crippen LogP contribution in [0.1, 0.15) is 44.8 Å². The Labute approximate surface area is 281 Å². The Morgan fingerprint density at radius 3 is 2.29 bits per heavy atom.